The van der Waals surface area contributed by atoms with Gasteiger partial charge in [0.1, 0.15) is 0 Å². The Morgan fingerprint density at radius 1 is 0.905 bits per heavy atom. The molecule has 2 N–H and O–H groups in total. The molecule has 0 aromatic rings. The molecule has 0 aromatic carbocycles. The fraction of sp³-hybridized carbons (Fsp3) is 0.882. The normalized spacial score (nSPS) is 34.8. The molecule has 2 aliphatic rings. The number of carbonyl (C=O) groups is 2. The fourth-order valence-electron chi connectivity index (χ4n) is 5.24. The van der Waals surface area contributed by atoms with E-state index in [1.165, 1.54) is 0 Å². The first-order valence-electron chi connectivity index (χ1n) is 8.36. The van der Waals surface area contributed by atoms with Crippen LogP contribution in [0.25, 0.3) is 0 Å². The predicted molar refractivity (Wildman–Crippen MR) is 80.0 cm³/mol. The van der Waals surface area contributed by atoms with Gasteiger partial charge in [-0.3, -0.25) is 9.59 Å². The van der Waals surface area contributed by atoms with Crippen molar-refractivity contribution in [2.24, 2.45) is 22.7 Å². The quantitative estimate of drug-likeness (QED) is 0.824. The van der Waals surface area contributed by atoms with E-state index in [0.29, 0.717) is 12.8 Å². The van der Waals surface area contributed by atoms with Gasteiger partial charge >= 0.3 is 11.9 Å². The van der Waals surface area contributed by atoms with Crippen LogP contribution in [0, 0.1) is 22.7 Å². The summed E-state index contributed by atoms with van der Waals surface area (Å²) in [6, 6.07) is 0. The highest BCUT2D eigenvalue weighted by atomic mass is 16.4. The number of carboxylic acid groups (broad SMARTS) is 2. The summed E-state index contributed by atoms with van der Waals surface area (Å²) in [5.41, 5.74) is -2.19. The molecule has 2 unspecified atom stereocenters. The van der Waals surface area contributed by atoms with E-state index in [0.717, 1.165) is 44.9 Å². The lowest BCUT2D eigenvalue weighted by atomic mass is 9.46. The minimum absolute atomic E-state index is 0.0162. The van der Waals surface area contributed by atoms with Crippen LogP contribution in [-0.4, -0.2) is 22.2 Å². The molecule has 0 heterocycles. The van der Waals surface area contributed by atoms with E-state index < -0.39 is 22.8 Å². The summed E-state index contributed by atoms with van der Waals surface area (Å²) in [4.78, 5) is 24.6. The summed E-state index contributed by atoms with van der Waals surface area (Å²) in [7, 11) is 0. The summed E-state index contributed by atoms with van der Waals surface area (Å²) >= 11 is 0. The average molecular weight is 296 g/mol. The van der Waals surface area contributed by atoms with E-state index in [2.05, 4.69) is 0 Å². The topological polar surface area (TPSA) is 74.6 Å². The monoisotopic (exact) mass is 296 g/mol. The van der Waals surface area contributed by atoms with Gasteiger partial charge in [0.25, 0.3) is 0 Å². The highest BCUT2D eigenvalue weighted by molar-refractivity contribution is 5.87. The predicted octanol–water partition coefficient (Wildman–Crippen LogP) is 3.94. The van der Waals surface area contributed by atoms with Gasteiger partial charge in [0, 0.05) is 0 Å². The van der Waals surface area contributed by atoms with Gasteiger partial charge in [-0.2, -0.15) is 0 Å². The molecule has 0 aromatic heterocycles. The lowest BCUT2D eigenvalue weighted by Crippen LogP contribution is -2.60. The first-order chi connectivity index (χ1) is 9.89. The zero-order chi connectivity index (χ0) is 15.7. The number of hydrogen-bond acceptors (Lipinski definition) is 2. The van der Waals surface area contributed by atoms with Crippen LogP contribution in [0.1, 0.15) is 71.6 Å². The molecule has 120 valence electrons. The van der Waals surface area contributed by atoms with E-state index in [1.807, 2.05) is 13.8 Å². The first-order valence-corrected chi connectivity index (χ1v) is 8.36. The third kappa shape index (κ3) is 2.27. The Kier molecular flexibility index (Phi) is 4.64. The Morgan fingerprint density at radius 2 is 1.48 bits per heavy atom. The summed E-state index contributed by atoms with van der Waals surface area (Å²) in [5, 5.41) is 20.1. The molecule has 0 amide bonds. The van der Waals surface area contributed by atoms with Crippen molar-refractivity contribution >= 4 is 11.9 Å². The van der Waals surface area contributed by atoms with E-state index in [4.69, 9.17) is 0 Å². The number of carboxylic acids is 2. The molecular weight excluding hydrogens is 268 g/mol. The largest absolute Gasteiger partial charge is 0.481 e. The van der Waals surface area contributed by atoms with Gasteiger partial charge < -0.3 is 10.2 Å². The minimum Gasteiger partial charge on any atom is -0.481 e. The molecule has 0 radical (unpaired) electrons. The molecule has 21 heavy (non-hydrogen) atoms. The van der Waals surface area contributed by atoms with Crippen molar-refractivity contribution in [1.29, 1.82) is 0 Å². The van der Waals surface area contributed by atoms with Gasteiger partial charge in [0.05, 0.1) is 10.8 Å². The fourth-order valence-corrected chi connectivity index (χ4v) is 5.24. The van der Waals surface area contributed by atoms with Crippen molar-refractivity contribution in [2.75, 3.05) is 0 Å². The van der Waals surface area contributed by atoms with Crippen molar-refractivity contribution in [2.45, 2.75) is 71.6 Å². The highest BCUT2D eigenvalue weighted by Gasteiger charge is 2.66. The molecule has 2 saturated carbocycles. The molecule has 0 spiro atoms. The molecular formula is C17H28O4. The maximum absolute atomic E-state index is 12.3. The van der Waals surface area contributed by atoms with Crippen LogP contribution in [0.5, 0.6) is 0 Å². The number of rotatable bonds is 4. The summed E-state index contributed by atoms with van der Waals surface area (Å²) < 4.78 is 0. The SMILES string of the molecule is CC(C)C1(C(=O)O)CCCCC1(C(=O)O)C1CCCCC1. The van der Waals surface area contributed by atoms with Crippen LogP contribution >= 0.6 is 0 Å². The third-order valence-corrected chi connectivity index (χ3v) is 6.24. The van der Waals surface area contributed by atoms with Crippen molar-refractivity contribution < 1.29 is 19.8 Å². The Balaban J connectivity index is 2.57. The molecule has 2 atom stereocenters. The number of aliphatic carboxylic acids is 2. The van der Waals surface area contributed by atoms with Gasteiger partial charge in [-0.1, -0.05) is 46.0 Å². The van der Waals surface area contributed by atoms with E-state index in [-0.39, 0.29) is 11.8 Å². The molecule has 4 nitrogen and oxygen atoms in total. The Hall–Kier alpha value is -1.06. The highest BCUT2D eigenvalue weighted by Crippen LogP contribution is 2.61. The first kappa shape index (κ1) is 16.3. The standard InChI is InChI=1S/C17H28O4/c1-12(2)16(14(18)19)10-6-7-11-17(16,15(20)21)13-8-4-3-5-9-13/h12-13H,3-11H2,1-2H3,(H,18,19)(H,20,21). The third-order valence-electron chi connectivity index (χ3n) is 6.24. The zero-order valence-corrected chi connectivity index (χ0v) is 13.2. The van der Waals surface area contributed by atoms with Gasteiger partial charge in [-0.15, -0.1) is 0 Å². The molecule has 0 aliphatic heterocycles. The van der Waals surface area contributed by atoms with Gasteiger partial charge in [0.15, 0.2) is 0 Å². The Bertz CT molecular complexity index is 411. The van der Waals surface area contributed by atoms with Gasteiger partial charge in [0.2, 0.25) is 0 Å². The molecule has 2 rings (SSSR count). The van der Waals surface area contributed by atoms with E-state index in [1.54, 1.807) is 0 Å². The maximum Gasteiger partial charge on any atom is 0.311 e. The molecule has 2 fully saturated rings. The van der Waals surface area contributed by atoms with Crippen molar-refractivity contribution in [3.05, 3.63) is 0 Å². The molecule has 4 heteroatoms. The van der Waals surface area contributed by atoms with E-state index >= 15 is 0 Å². The van der Waals surface area contributed by atoms with Crippen LogP contribution in [0.3, 0.4) is 0 Å². The second-order valence-corrected chi connectivity index (χ2v) is 7.25. The zero-order valence-electron chi connectivity index (χ0n) is 13.2. The van der Waals surface area contributed by atoms with E-state index in [9.17, 15) is 19.8 Å². The summed E-state index contributed by atoms with van der Waals surface area (Å²) in [6.07, 6.45) is 7.65. The van der Waals surface area contributed by atoms with Crippen LogP contribution in [0.2, 0.25) is 0 Å². The summed E-state index contributed by atoms with van der Waals surface area (Å²) in [5.74, 6) is -1.91. The Labute approximate surface area is 126 Å². The second-order valence-electron chi connectivity index (χ2n) is 7.25. The second kappa shape index (κ2) is 5.98. The van der Waals surface area contributed by atoms with Crippen LogP contribution in [0.15, 0.2) is 0 Å². The molecule has 0 bridgehead atoms. The van der Waals surface area contributed by atoms with Crippen molar-refractivity contribution in [3.63, 3.8) is 0 Å². The van der Waals surface area contributed by atoms with Gasteiger partial charge in [-0.05, 0) is 37.5 Å². The van der Waals surface area contributed by atoms with Crippen molar-refractivity contribution in [1.82, 2.24) is 0 Å². The lowest BCUT2D eigenvalue weighted by molar-refractivity contribution is -0.196. The minimum atomic E-state index is -1.11. The average Bonchev–Trinajstić information content (AvgIpc) is 2.47. The van der Waals surface area contributed by atoms with Crippen molar-refractivity contribution in [3.8, 4) is 0 Å². The summed E-state index contributed by atoms with van der Waals surface area (Å²) in [6.45, 7) is 3.78. The van der Waals surface area contributed by atoms with Crippen LogP contribution in [-0.2, 0) is 9.59 Å². The maximum atomic E-state index is 12.3. The number of hydrogen-bond donors (Lipinski definition) is 2. The van der Waals surface area contributed by atoms with Crippen LogP contribution < -0.4 is 0 Å². The van der Waals surface area contributed by atoms with Crippen LogP contribution in [0.4, 0.5) is 0 Å². The lowest BCUT2D eigenvalue weighted by Gasteiger charge is -2.55. The smallest absolute Gasteiger partial charge is 0.311 e. The van der Waals surface area contributed by atoms with Gasteiger partial charge in [-0.25, -0.2) is 0 Å². The molecule has 2 aliphatic carbocycles. The Morgan fingerprint density at radius 3 is 1.95 bits per heavy atom. The molecule has 0 saturated heterocycles.